The molecule has 4 rings (SSSR count). The zero-order valence-corrected chi connectivity index (χ0v) is 18.0. The number of anilines is 3. The number of nitrogens with two attached hydrogens (primary N) is 2. The highest BCUT2D eigenvalue weighted by Crippen LogP contribution is 2.25. The van der Waals surface area contributed by atoms with E-state index in [4.69, 9.17) is 11.5 Å². The molecule has 0 saturated heterocycles. The minimum absolute atomic E-state index is 0.117. The first kappa shape index (κ1) is 21.5. The fourth-order valence-electron chi connectivity index (χ4n) is 3.28. The summed E-state index contributed by atoms with van der Waals surface area (Å²) in [5.41, 5.74) is 16.0. The smallest absolute Gasteiger partial charge is 0.255 e. The van der Waals surface area contributed by atoms with Gasteiger partial charge in [-0.3, -0.25) is 9.78 Å². The van der Waals surface area contributed by atoms with Gasteiger partial charge in [0, 0.05) is 34.2 Å². The lowest BCUT2D eigenvalue weighted by molar-refractivity contribution is 0.102. The van der Waals surface area contributed by atoms with E-state index in [1.54, 1.807) is 31.3 Å². The molecule has 8 nitrogen and oxygen atoms in total. The normalized spacial score (nSPS) is 11.1. The number of hydrogen-bond donors (Lipinski definition) is 4. The van der Waals surface area contributed by atoms with Gasteiger partial charge in [-0.05, 0) is 61.0 Å². The van der Waals surface area contributed by atoms with Gasteiger partial charge in [-0.25, -0.2) is 0 Å². The summed E-state index contributed by atoms with van der Waals surface area (Å²) in [6.07, 6.45) is 1.77. The number of nitrogens with zero attached hydrogens (tertiary/aromatic N) is 3. The molecular weight excluding hydrogens is 414 g/mol. The van der Waals surface area contributed by atoms with Crippen LogP contribution in [0.2, 0.25) is 0 Å². The van der Waals surface area contributed by atoms with Gasteiger partial charge in [0.1, 0.15) is 0 Å². The Bertz CT molecular complexity index is 1350. The number of pyridine rings is 1. The molecule has 8 heteroatoms. The molecule has 33 heavy (non-hydrogen) atoms. The highest BCUT2D eigenvalue weighted by atomic mass is 16.1. The number of carbonyl (C=O) groups is 1. The van der Waals surface area contributed by atoms with Crippen LogP contribution in [-0.2, 0) is 0 Å². The molecule has 4 aromatic rings. The van der Waals surface area contributed by atoms with Gasteiger partial charge < -0.3 is 22.1 Å². The first-order valence-corrected chi connectivity index (χ1v) is 10.3. The van der Waals surface area contributed by atoms with E-state index >= 15 is 0 Å². The van der Waals surface area contributed by atoms with Gasteiger partial charge in [0.2, 0.25) is 5.96 Å². The van der Waals surface area contributed by atoms with Crippen molar-refractivity contribution in [2.45, 2.75) is 6.92 Å². The number of para-hydroxylation sites is 1. The van der Waals surface area contributed by atoms with Crippen molar-refractivity contribution in [3.8, 4) is 0 Å². The Morgan fingerprint density at radius 1 is 0.848 bits per heavy atom. The molecule has 1 amide bonds. The summed E-state index contributed by atoms with van der Waals surface area (Å²) in [4.78, 5) is 17.1. The Labute approximate surface area is 191 Å². The summed E-state index contributed by atoms with van der Waals surface area (Å²) >= 11 is 0. The summed E-state index contributed by atoms with van der Waals surface area (Å²) in [7, 11) is 0. The maximum Gasteiger partial charge on any atom is 0.255 e. The first-order chi connectivity index (χ1) is 16.0. The van der Waals surface area contributed by atoms with Crippen molar-refractivity contribution in [3.05, 3.63) is 96.2 Å². The molecule has 0 unspecified atom stereocenters. The molecule has 3 aromatic carbocycles. The number of hydrogen-bond acceptors (Lipinski definition) is 5. The Kier molecular flexibility index (Phi) is 6.26. The van der Waals surface area contributed by atoms with Crippen LogP contribution in [0.25, 0.3) is 10.9 Å². The Hall–Kier alpha value is -4.72. The molecule has 0 spiro atoms. The minimum atomic E-state index is -0.216. The standard InChI is InChI=1S/C25H23N7O/c1-16(31-32-25(26)27)18-5-4-6-20(15-18)30-24(33)17-9-11-19(12-10-17)29-23-13-14-28-22-8-3-2-7-21(22)23/h2-15H,1H3,(H,28,29)(H,30,33)(H4,26,27,32)/b31-16-. The van der Waals surface area contributed by atoms with Crippen molar-refractivity contribution in [1.29, 1.82) is 0 Å². The van der Waals surface area contributed by atoms with Crippen LogP contribution in [-0.4, -0.2) is 22.6 Å². The number of guanidine groups is 1. The van der Waals surface area contributed by atoms with E-state index < -0.39 is 0 Å². The third-order valence-electron chi connectivity index (χ3n) is 4.93. The van der Waals surface area contributed by atoms with Gasteiger partial charge in [0.15, 0.2) is 0 Å². The summed E-state index contributed by atoms with van der Waals surface area (Å²) < 4.78 is 0. The predicted molar refractivity (Wildman–Crippen MR) is 134 cm³/mol. The van der Waals surface area contributed by atoms with E-state index in [0.717, 1.165) is 27.8 Å². The molecule has 1 aromatic heterocycles. The van der Waals surface area contributed by atoms with E-state index in [0.29, 0.717) is 17.0 Å². The second kappa shape index (κ2) is 9.61. The third kappa shape index (κ3) is 5.31. The zero-order chi connectivity index (χ0) is 23.2. The second-order valence-corrected chi connectivity index (χ2v) is 7.32. The van der Waals surface area contributed by atoms with Gasteiger partial charge in [-0.2, -0.15) is 5.10 Å². The van der Waals surface area contributed by atoms with Crippen molar-refractivity contribution in [3.63, 3.8) is 0 Å². The number of nitrogens with one attached hydrogen (secondary N) is 2. The topological polar surface area (TPSA) is 131 Å². The highest BCUT2D eigenvalue weighted by Gasteiger charge is 2.08. The molecule has 0 aliphatic heterocycles. The molecule has 0 radical (unpaired) electrons. The summed E-state index contributed by atoms with van der Waals surface area (Å²) in [5.74, 6) is -0.333. The van der Waals surface area contributed by atoms with Crippen LogP contribution in [0.1, 0.15) is 22.8 Å². The van der Waals surface area contributed by atoms with Crippen LogP contribution < -0.4 is 22.1 Å². The van der Waals surface area contributed by atoms with Crippen molar-refractivity contribution < 1.29 is 4.79 Å². The number of rotatable bonds is 6. The van der Waals surface area contributed by atoms with Crippen molar-refractivity contribution in [2.24, 2.45) is 21.7 Å². The quantitative estimate of drug-likeness (QED) is 0.204. The number of carbonyl (C=O) groups excluding carboxylic acids is 1. The molecule has 1 heterocycles. The Morgan fingerprint density at radius 2 is 1.64 bits per heavy atom. The fourth-order valence-corrected chi connectivity index (χ4v) is 3.28. The van der Waals surface area contributed by atoms with Gasteiger partial charge in [0.25, 0.3) is 5.91 Å². The maximum absolute atomic E-state index is 12.7. The van der Waals surface area contributed by atoms with Crippen molar-refractivity contribution in [1.82, 2.24) is 4.98 Å². The van der Waals surface area contributed by atoms with Crippen LogP contribution >= 0.6 is 0 Å². The van der Waals surface area contributed by atoms with Crippen LogP contribution in [0.15, 0.2) is 95.3 Å². The summed E-state index contributed by atoms with van der Waals surface area (Å²) in [6.45, 7) is 1.78. The van der Waals surface area contributed by atoms with Crippen LogP contribution in [0.5, 0.6) is 0 Å². The van der Waals surface area contributed by atoms with Crippen LogP contribution in [0, 0.1) is 0 Å². The molecule has 0 aliphatic rings. The van der Waals surface area contributed by atoms with Crippen molar-refractivity contribution >= 4 is 45.5 Å². The molecule has 0 atom stereocenters. The molecule has 0 fully saturated rings. The fraction of sp³-hybridized carbons (Fsp3) is 0.0400. The average molecular weight is 438 g/mol. The lowest BCUT2D eigenvalue weighted by atomic mass is 10.1. The molecule has 164 valence electrons. The number of aromatic nitrogens is 1. The van der Waals surface area contributed by atoms with E-state index in [-0.39, 0.29) is 11.9 Å². The lowest BCUT2D eigenvalue weighted by Crippen LogP contribution is -2.22. The number of amides is 1. The molecule has 0 saturated carbocycles. The molecule has 6 N–H and O–H groups in total. The average Bonchev–Trinajstić information content (AvgIpc) is 2.83. The Balaban J connectivity index is 1.46. The first-order valence-electron chi connectivity index (χ1n) is 10.3. The monoisotopic (exact) mass is 437 g/mol. The molecular formula is C25H23N7O. The highest BCUT2D eigenvalue weighted by molar-refractivity contribution is 6.06. The van der Waals surface area contributed by atoms with Crippen LogP contribution in [0.3, 0.4) is 0 Å². The van der Waals surface area contributed by atoms with Crippen LogP contribution in [0.4, 0.5) is 17.1 Å². The summed E-state index contributed by atoms with van der Waals surface area (Å²) in [6, 6.07) is 24.4. The third-order valence-corrected chi connectivity index (χ3v) is 4.93. The zero-order valence-electron chi connectivity index (χ0n) is 18.0. The maximum atomic E-state index is 12.7. The number of benzene rings is 3. The lowest BCUT2D eigenvalue weighted by Gasteiger charge is -2.11. The van der Waals surface area contributed by atoms with Gasteiger partial charge in [-0.1, -0.05) is 30.3 Å². The SMILES string of the molecule is C/C(=N/N=C(N)N)c1cccc(NC(=O)c2ccc(Nc3ccnc4ccccc34)cc2)c1. The van der Waals surface area contributed by atoms with E-state index in [1.807, 2.05) is 60.7 Å². The Morgan fingerprint density at radius 3 is 2.42 bits per heavy atom. The molecule has 0 bridgehead atoms. The van der Waals surface area contributed by atoms with E-state index in [2.05, 4.69) is 25.8 Å². The predicted octanol–water partition coefficient (Wildman–Crippen LogP) is 4.23. The van der Waals surface area contributed by atoms with Gasteiger partial charge >= 0.3 is 0 Å². The second-order valence-electron chi connectivity index (χ2n) is 7.32. The number of fused-ring (bicyclic) bond motifs is 1. The van der Waals surface area contributed by atoms with E-state index in [9.17, 15) is 4.79 Å². The minimum Gasteiger partial charge on any atom is -0.369 e. The van der Waals surface area contributed by atoms with E-state index in [1.165, 1.54) is 0 Å². The van der Waals surface area contributed by atoms with Gasteiger partial charge in [0.05, 0.1) is 11.2 Å². The van der Waals surface area contributed by atoms with Gasteiger partial charge in [-0.15, -0.1) is 5.10 Å². The largest absolute Gasteiger partial charge is 0.369 e. The molecule has 0 aliphatic carbocycles. The summed E-state index contributed by atoms with van der Waals surface area (Å²) in [5, 5.41) is 14.9. The van der Waals surface area contributed by atoms with Crippen molar-refractivity contribution in [2.75, 3.05) is 10.6 Å².